The SMILES string of the molecule is CC(N)C(C)C(=O)N(C)Cc1cccc(C(F)(F)F)c1. The molecule has 2 N–H and O–H groups in total. The molecule has 112 valence electrons. The van der Waals surface area contributed by atoms with E-state index in [4.69, 9.17) is 5.73 Å². The number of carbonyl (C=O) groups is 1. The third-order valence-corrected chi connectivity index (χ3v) is 3.23. The van der Waals surface area contributed by atoms with Gasteiger partial charge in [0.25, 0.3) is 0 Å². The van der Waals surface area contributed by atoms with Crippen LogP contribution >= 0.6 is 0 Å². The molecule has 2 atom stereocenters. The molecule has 1 amide bonds. The Balaban J connectivity index is 2.81. The van der Waals surface area contributed by atoms with Crippen molar-refractivity contribution in [1.29, 1.82) is 0 Å². The van der Waals surface area contributed by atoms with E-state index in [2.05, 4.69) is 0 Å². The summed E-state index contributed by atoms with van der Waals surface area (Å²) in [7, 11) is 1.56. The van der Waals surface area contributed by atoms with Crippen LogP contribution in [-0.4, -0.2) is 23.9 Å². The lowest BCUT2D eigenvalue weighted by Gasteiger charge is -2.23. The standard InChI is InChI=1S/C14H19F3N2O/c1-9(10(2)18)13(20)19(3)8-11-5-4-6-12(7-11)14(15,16)17/h4-7,9-10H,8,18H2,1-3H3. The highest BCUT2D eigenvalue weighted by Gasteiger charge is 2.30. The minimum absolute atomic E-state index is 0.125. The highest BCUT2D eigenvalue weighted by molar-refractivity contribution is 5.78. The molecule has 1 aromatic rings. The Morgan fingerprint density at radius 1 is 1.35 bits per heavy atom. The Hall–Kier alpha value is -1.56. The number of hydrogen-bond acceptors (Lipinski definition) is 2. The normalized spacial score (nSPS) is 14.8. The summed E-state index contributed by atoms with van der Waals surface area (Å²) in [4.78, 5) is 13.4. The van der Waals surface area contributed by atoms with Crippen LogP contribution < -0.4 is 5.73 Å². The van der Waals surface area contributed by atoms with E-state index in [0.29, 0.717) is 5.56 Å². The molecule has 6 heteroatoms. The minimum atomic E-state index is -4.38. The van der Waals surface area contributed by atoms with Crippen LogP contribution in [0.2, 0.25) is 0 Å². The van der Waals surface area contributed by atoms with Crippen molar-refractivity contribution in [2.24, 2.45) is 11.7 Å². The van der Waals surface area contributed by atoms with Crippen LogP contribution in [-0.2, 0) is 17.5 Å². The van der Waals surface area contributed by atoms with Gasteiger partial charge in [0.2, 0.25) is 5.91 Å². The van der Waals surface area contributed by atoms with Crippen LogP contribution in [0.5, 0.6) is 0 Å². The van der Waals surface area contributed by atoms with Crippen molar-refractivity contribution in [3.8, 4) is 0 Å². The summed E-state index contributed by atoms with van der Waals surface area (Å²) >= 11 is 0. The molecule has 0 aliphatic carbocycles. The molecule has 0 spiro atoms. The Labute approximate surface area is 116 Å². The Morgan fingerprint density at radius 2 is 1.95 bits per heavy atom. The summed E-state index contributed by atoms with van der Waals surface area (Å²) in [6, 6.07) is 4.67. The van der Waals surface area contributed by atoms with E-state index in [0.717, 1.165) is 12.1 Å². The number of halogens is 3. The summed E-state index contributed by atoms with van der Waals surface area (Å²) in [5, 5.41) is 0. The Bertz CT molecular complexity index is 472. The lowest BCUT2D eigenvalue weighted by atomic mass is 10.0. The van der Waals surface area contributed by atoms with Gasteiger partial charge >= 0.3 is 6.18 Å². The number of nitrogens with zero attached hydrogens (tertiary/aromatic N) is 1. The smallest absolute Gasteiger partial charge is 0.341 e. The maximum atomic E-state index is 12.6. The predicted molar refractivity (Wildman–Crippen MR) is 70.7 cm³/mol. The van der Waals surface area contributed by atoms with Crippen molar-refractivity contribution in [3.05, 3.63) is 35.4 Å². The van der Waals surface area contributed by atoms with Gasteiger partial charge in [0.15, 0.2) is 0 Å². The maximum Gasteiger partial charge on any atom is 0.416 e. The first kappa shape index (κ1) is 16.5. The van der Waals surface area contributed by atoms with Crippen molar-refractivity contribution in [2.75, 3.05) is 7.05 Å². The summed E-state index contributed by atoms with van der Waals surface area (Å²) < 4.78 is 37.8. The number of carbonyl (C=O) groups excluding carboxylic acids is 1. The first-order chi connectivity index (χ1) is 9.12. The number of benzene rings is 1. The molecule has 1 aromatic carbocycles. The molecule has 0 fully saturated rings. The molecule has 0 heterocycles. The lowest BCUT2D eigenvalue weighted by molar-refractivity contribution is -0.137. The molecule has 3 nitrogen and oxygen atoms in total. The van der Waals surface area contributed by atoms with Crippen LogP contribution in [0.1, 0.15) is 25.0 Å². The molecule has 0 saturated carbocycles. The molecular weight excluding hydrogens is 269 g/mol. The molecule has 20 heavy (non-hydrogen) atoms. The van der Waals surface area contributed by atoms with Gasteiger partial charge in [0.05, 0.1) is 11.5 Å². The van der Waals surface area contributed by atoms with E-state index in [-0.39, 0.29) is 24.4 Å². The predicted octanol–water partition coefficient (Wildman–Crippen LogP) is 2.65. The third kappa shape index (κ3) is 4.23. The van der Waals surface area contributed by atoms with Crippen LogP contribution in [0, 0.1) is 5.92 Å². The summed E-state index contributed by atoms with van der Waals surface area (Å²) in [5.41, 5.74) is 5.38. The molecular formula is C14H19F3N2O. The molecule has 0 saturated heterocycles. The lowest BCUT2D eigenvalue weighted by Crippen LogP contribution is -2.39. The summed E-state index contributed by atoms with van der Waals surface area (Å²) in [6.45, 7) is 3.55. The van der Waals surface area contributed by atoms with E-state index in [1.165, 1.54) is 11.0 Å². The van der Waals surface area contributed by atoms with E-state index in [1.807, 2.05) is 0 Å². The van der Waals surface area contributed by atoms with Gasteiger partial charge < -0.3 is 10.6 Å². The van der Waals surface area contributed by atoms with E-state index in [9.17, 15) is 18.0 Å². The van der Waals surface area contributed by atoms with Crippen LogP contribution in [0.15, 0.2) is 24.3 Å². The molecule has 0 aliphatic rings. The zero-order valence-corrected chi connectivity index (χ0v) is 11.7. The van der Waals surface area contributed by atoms with Gasteiger partial charge in [-0.3, -0.25) is 4.79 Å². The van der Waals surface area contributed by atoms with Crippen molar-refractivity contribution in [1.82, 2.24) is 4.90 Å². The Morgan fingerprint density at radius 3 is 2.45 bits per heavy atom. The molecule has 2 unspecified atom stereocenters. The van der Waals surface area contributed by atoms with Gasteiger partial charge in [0, 0.05) is 19.6 Å². The highest BCUT2D eigenvalue weighted by Crippen LogP contribution is 2.29. The van der Waals surface area contributed by atoms with Crippen LogP contribution in [0.4, 0.5) is 13.2 Å². The second-order valence-electron chi connectivity index (χ2n) is 5.04. The fourth-order valence-corrected chi connectivity index (χ4v) is 1.77. The van der Waals surface area contributed by atoms with Gasteiger partial charge in [-0.05, 0) is 24.6 Å². The summed E-state index contributed by atoms with van der Waals surface area (Å²) in [6.07, 6.45) is -4.38. The molecule has 0 bridgehead atoms. The van der Waals surface area contributed by atoms with Crippen molar-refractivity contribution >= 4 is 5.91 Å². The van der Waals surface area contributed by atoms with Crippen molar-refractivity contribution in [3.63, 3.8) is 0 Å². The maximum absolute atomic E-state index is 12.6. The van der Waals surface area contributed by atoms with Crippen molar-refractivity contribution in [2.45, 2.75) is 32.6 Å². The van der Waals surface area contributed by atoms with Gasteiger partial charge in [-0.2, -0.15) is 13.2 Å². The van der Waals surface area contributed by atoms with Gasteiger partial charge in [-0.1, -0.05) is 19.1 Å². The van der Waals surface area contributed by atoms with Gasteiger partial charge in [-0.25, -0.2) is 0 Å². The topological polar surface area (TPSA) is 46.3 Å². The van der Waals surface area contributed by atoms with Crippen molar-refractivity contribution < 1.29 is 18.0 Å². The monoisotopic (exact) mass is 288 g/mol. The number of nitrogens with two attached hydrogens (primary N) is 1. The third-order valence-electron chi connectivity index (χ3n) is 3.23. The number of alkyl halides is 3. The fourth-order valence-electron chi connectivity index (χ4n) is 1.77. The quantitative estimate of drug-likeness (QED) is 0.926. The fraction of sp³-hybridized carbons (Fsp3) is 0.500. The molecule has 0 aromatic heterocycles. The molecule has 1 rings (SSSR count). The van der Waals surface area contributed by atoms with Gasteiger partial charge in [0.1, 0.15) is 0 Å². The average molecular weight is 288 g/mol. The Kier molecular flexibility index (Phi) is 5.16. The second kappa shape index (κ2) is 6.26. The van der Waals surface area contributed by atoms with Gasteiger partial charge in [-0.15, -0.1) is 0 Å². The second-order valence-corrected chi connectivity index (χ2v) is 5.04. The first-order valence-electron chi connectivity index (χ1n) is 6.29. The zero-order valence-electron chi connectivity index (χ0n) is 11.7. The van der Waals surface area contributed by atoms with E-state index >= 15 is 0 Å². The minimum Gasteiger partial charge on any atom is -0.341 e. The highest BCUT2D eigenvalue weighted by atomic mass is 19.4. The van der Waals surface area contributed by atoms with E-state index < -0.39 is 11.7 Å². The largest absolute Gasteiger partial charge is 0.416 e. The zero-order chi connectivity index (χ0) is 15.5. The summed E-state index contributed by atoms with van der Waals surface area (Å²) in [5.74, 6) is -0.553. The van der Waals surface area contributed by atoms with E-state index in [1.54, 1.807) is 27.0 Å². The molecule has 0 radical (unpaired) electrons. The average Bonchev–Trinajstić information content (AvgIpc) is 2.36. The number of hydrogen-bond donors (Lipinski definition) is 1. The number of amides is 1. The molecule has 0 aliphatic heterocycles. The number of rotatable bonds is 4. The first-order valence-corrected chi connectivity index (χ1v) is 6.29. The van der Waals surface area contributed by atoms with Crippen LogP contribution in [0.3, 0.4) is 0 Å². The van der Waals surface area contributed by atoms with Crippen LogP contribution in [0.25, 0.3) is 0 Å².